The lowest BCUT2D eigenvalue weighted by Crippen LogP contribution is -2.26. The van der Waals surface area contributed by atoms with Crippen molar-refractivity contribution in [3.05, 3.63) is 71.3 Å². The van der Waals surface area contributed by atoms with Crippen LogP contribution in [-0.4, -0.2) is 43.3 Å². The zero-order valence-corrected chi connectivity index (χ0v) is 16.0. The zero-order chi connectivity index (χ0) is 21.5. The number of nitrogens with one attached hydrogen (secondary N) is 2. The number of aromatic hydroxyl groups is 2. The minimum atomic E-state index is -0.709. The van der Waals surface area contributed by atoms with Crippen molar-refractivity contribution in [1.82, 2.24) is 20.5 Å². The number of hydrogen-bond donors (Lipinski definition) is 4. The Morgan fingerprint density at radius 2 is 1.37 bits per heavy atom. The quantitative estimate of drug-likeness (QED) is 0.235. The van der Waals surface area contributed by atoms with Gasteiger partial charge >= 0.3 is 0 Å². The number of phenols is 2. The lowest BCUT2D eigenvalue weighted by atomic mass is 10.1. The summed E-state index contributed by atoms with van der Waals surface area (Å²) in [6.45, 7) is 2.31. The van der Waals surface area contributed by atoms with Crippen LogP contribution in [0.1, 0.15) is 45.7 Å². The Balaban J connectivity index is 2.00. The number of rotatable bonds is 9. The Hall–Kier alpha value is -3.89. The van der Waals surface area contributed by atoms with Gasteiger partial charge in [0.15, 0.2) is 0 Å². The van der Waals surface area contributed by atoms with Crippen molar-refractivity contribution in [2.75, 3.05) is 12.0 Å². The van der Waals surface area contributed by atoms with Gasteiger partial charge in [-0.25, -0.2) is 4.98 Å². The zero-order valence-electron chi connectivity index (χ0n) is 16.0. The summed E-state index contributed by atoms with van der Waals surface area (Å²) < 4.78 is 0. The van der Waals surface area contributed by atoms with Gasteiger partial charge in [0.2, 0.25) is 29.2 Å². The number of anilines is 1. The molecule has 0 aliphatic carbocycles. The third-order valence-corrected chi connectivity index (χ3v) is 3.88. The highest BCUT2D eigenvalue weighted by Gasteiger charge is 2.23. The Bertz CT molecular complexity index is 997. The van der Waals surface area contributed by atoms with Crippen LogP contribution < -0.4 is 11.0 Å². The van der Waals surface area contributed by atoms with E-state index in [1.807, 2.05) is 6.92 Å². The van der Waals surface area contributed by atoms with Crippen LogP contribution in [0.2, 0.25) is 0 Å². The summed E-state index contributed by atoms with van der Waals surface area (Å²) >= 11 is 0. The number of hydrogen-bond acceptors (Lipinski definition) is 10. The molecule has 0 amide bonds. The van der Waals surface area contributed by atoms with E-state index in [1.165, 1.54) is 24.3 Å². The van der Waals surface area contributed by atoms with Gasteiger partial charge in [0, 0.05) is 0 Å². The van der Waals surface area contributed by atoms with Crippen molar-refractivity contribution < 1.29 is 24.6 Å². The molecule has 10 heteroatoms. The number of hydrazine groups is 1. The predicted molar refractivity (Wildman–Crippen MR) is 106 cm³/mol. The molecule has 10 nitrogen and oxygen atoms in total. The summed E-state index contributed by atoms with van der Waals surface area (Å²) in [5, 5.41) is 19.9. The van der Waals surface area contributed by atoms with Crippen molar-refractivity contribution in [3.63, 3.8) is 0 Å². The van der Waals surface area contributed by atoms with Crippen molar-refractivity contribution in [1.29, 1.82) is 0 Å². The first-order chi connectivity index (χ1) is 14.5. The topological polar surface area (TPSA) is 147 Å². The molecule has 154 valence electrons. The predicted octanol–water partition coefficient (Wildman–Crippen LogP) is 2.00. The lowest BCUT2D eigenvalue weighted by molar-refractivity contribution is 0.0569. The van der Waals surface area contributed by atoms with Gasteiger partial charge in [-0.3, -0.25) is 19.9 Å². The smallest absolute Gasteiger partial charge is 0.243 e. The molecule has 0 spiro atoms. The number of nitrogens with zero attached hydrogens (tertiary/aromatic N) is 3. The largest absolute Gasteiger partial charge is 0.507 e. The molecule has 0 bridgehead atoms. The first kappa shape index (κ1) is 20.8. The van der Waals surface area contributed by atoms with Crippen molar-refractivity contribution in [3.8, 4) is 11.5 Å². The van der Waals surface area contributed by atoms with Crippen LogP contribution in [0, 0.1) is 0 Å². The number of benzene rings is 2. The molecule has 0 saturated carbocycles. The number of carbonyl (C=O) groups is 2. The maximum atomic E-state index is 12.8. The second kappa shape index (κ2) is 9.54. The van der Waals surface area contributed by atoms with E-state index in [-0.39, 0.29) is 40.2 Å². The standard InChI is InChI=1S/C20H19N5O5/c1-2-11-30-25-24-20-22-18(16(28)12-7-3-5-9-14(12)26)21-19(23-20)17(29)13-8-4-6-10-15(13)27/h3-10,25-27H,2,11H2,1H3,(H,21,22,23,24). The molecule has 4 N–H and O–H groups in total. The average Bonchev–Trinajstić information content (AvgIpc) is 2.76. The average molecular weight is 409 g/mol. The van der Waals surface area contributed by atoms with E-state index in [2.05, 4.69) is 26.0 Å². The van der Waals surface area contributed by atoms with E-state index in [1.54, 1.807) is 24.3 Å². The number of ketones is 2. The normalized spacial score (nSPS) is 10.6. The Morgan fingerprint density at radius 1 is 0.867 bits per heavy atom. The summed E-state index contributed by atoms with van der Waals surface area (Å²) in [6.07, 6.45) is 0.750. The minimum Gasteiger partial charge on any atom is -0.507 e. The summed E-state index contributed by atoms with van der Waals surface area (Å²) in [6, 6.07) is 11.8. The van der Waals surface area contributed by atoms with Crippen LogP contribution in [0.4, 0.5) is 5.95 Å². The lowest BCUT2D eigenvalue weighted by Gasteiger charge is -2.10. The summed E-state index contributed by atoms with van der Waals surface area (Å²) in [5.41, 5.74) is 4.88. The fourth-order valence-corrected chi connectivity index (χ4v) is 2.44. The molecule has 3 rings (SSSR count). The number of carbonyl (C=O) groups excluding carboxylic acids is 2. The van der Waals surface area contributed by atoms with Crippen LogP contribution in [0.5, 0.6) is 11.5 Å². The molecule has 3 aromatic rings. The van der Waals surface area contributed by atoms with Crippen LogP contribution >= 0.6 is 0 Å². The maximum Gasteiger partial charge on any atom is 0.243 e. The van der Waals surface area contributed by atoms with E-state index in [0.29, 0.717) is 6.61 Å². The minimum absolute atomic E-state index is 0.0363. The van der Waals surface area contributed by atoms with Gasteiger partial charge in [-0.1, -0.05) is 31.2 Å². The fraction of sp³-hybridized carbons (Fsp3) is 0.150. The van der Waals surface area contributed by atoms with Crippen molar-refractivity contribution >= 4 is 17.5 Å². The number of para-hydroxylation sites is 2. The summed E-state index contributed by atoms with van der Waals surface area (Å²) in [7, 11) is 0. The second-order valence-corrected chi connectivity index (χ2v) is 6.07. The van der Waals surface area contributed by atoms with Crippen LogP contribution in [0.25, 0.3) is 0 Å². The first-order valence-corrected chi connectivity index (χ1v) is 9.05. The summed E-state index contributed by atoms with van der Waals surface area (Å²) in [5.74, 6) is -2.82. The van der Waals surface area contributed by atoms with Gasteiger partial charge < -0.3 is 10.2 Å². The molecule has 0 aliphatic heterocycles. The van der Waals surface area contributed by atoms with Crippen LogP contribution in [-0.2, 0) is 4.84 Å². The second-order valence-electron chi connectivity index (χ2n) is 6.07. The molecule has 2 aromatic carbocycles. The van der Waals surface area contributed by atoms with E-state index >= 15 is 0 Å². The van der Waals surface area contributed by atoms with E-state index in [0.717, 1.165) is 6.42 Å². The highest BCUT2D eigenvalue weighted by molar-refractivity contribution is 6.11. The van der Waals surface area contributed by atoms with E-state index in [9.17, 15) is 19.8 Å². The Labute approximate surface area is 171 Å². The third kappa shape index (κ3) is 4.74. The van der Waals surface area contributed by atoms with Crippen LogP contribution in [0.3, 0.4) is 0 Å². The number of phenolic OH excluding ortho intramolecular Hbond substituents is 2. The Morgan fingerprint density at radius 3 is 1.83 bits per heavy atom. The van der Waals surface area contributed by atoms with Gasteiger partial charge in [0.05, 0.1) is 17.7 Å². The van der Waals surface area contributed by atoms with Crippen LogP contribution in [0.15, 0.2) is 48.5 Å². The van der Waals surface area contributed by atoms with Crippen molar-refractivity contribution in [2.45, 2.75) is 13.3 Å². The molecular weight excluding hydrogens is 390 g/mol. The molecule has 0 saturated heterocycles. The van der Waals surface area contributed by atoms with E-state index < -0.39 is 11.6 Å². The molecule has 1 heterocycles. The third-order valence-electron chi connectivity index (χ3n) is 3.88. The van der Waals surface area contributed by atoms with Gasteiger partial charge in [-0.2, -0.15) is 9.97 Å². The van der Waals surface area contributed by atoms with Crippen molar-refractivity contribution in [2.24, 2.45) is 0 Å². The SMILES string of the molecule is CCCONNc1nc(C(=O)c2ccccc2O)nc(C(=O)c2ccccc2O)n1. The molecule has 0 aliphatic rings. The molecule has 30 heavy (non-hydrogen) atoms. The first-order valence-electron chi connectivity index (χ1n) is 9.05. The number of aromatic nitrogens is 3. The van der Waals surface area contributed by atoms with Gasteiger partial charge in [0.25, 0.3) is 0 Å². The molecule has 0 fully saturated rings. The molecule has 0 radical (unpaired) electrons. The van der Waals surface area contributed by atoms with E-state index in [4.69, 9.17) is 4.84 Å². The van der Waals surface area contributed by atoms with Gasteiger partial charge in [-0.05, 0) is 30.7 Å². The van der Waals surface area contributed by atoms with Gasteiger partial charge in [-0.15, -0.1) is 5.59 Å². The van der Waals surface area contributed by atoms with Gasteiger partial charge in [0.1, 0.15) is 11.5 Å². The molecule has 0 atom stereocenters. The highest BCUT2D eigenvalue weighted by atomic mass is 16.7. The highest BCUT2D eigenvalue weighted by Crippen LogP contribution is 2.21. The fourth-order valence-electron chi connectivity index (χ4n) is 2.44. The molecule has 0 unspecified atom stereocenters. The molecule has 1 aromatic heterocycles. The molecular formula is C20H19N5O5. The monoisotopic (exact) mass is 409 g/mol. The summed E-state index contributed by atoms with van der Waals surface area (Å²) in [4.78, 5) is 42.7. The Kier molecular flexibility index (Phi) is 6.63. The maximum absolute atomic E-state index is 12.8.